The molecule has 1 unspecified atom stereocenters. The fourth-order valence-electron chi connectivity index (χ4n) is 2.57. The number of aliphatic carboxylic acids is 1. The molecule has 1 rings (SSSR count). The third-order valence-electron chi connectivity index (χ3n) is 3.88. The third kappa shape index (κ3) is 5.19. The van der Waals surface area contributed by atoms with Crippen molar-refractivity contribution in [2.75, 3.05) is 13.6 Å². The average Bonchev–Trinajstić information content (AvgIpc) is 2.34. The molecule has 1 fully saturated rings. The van der Waals surface area contributed by atoms with Gasteiger partial charge in [0, 0.05) is 12.5 Å². The molecule has 0 radical (unpaired) electrons. The predicted molar refractivity (Wildman–Crippen MR) is 73.9 cm³/mol. The summed E-state index contributed by atoms with van der Waals surface area (Å²) in [5.41, 5.74) is 0. The highest BCUT2D eigenvalue weighted by Crippen LogP contribution is 2.19. The maximum absolute atomic E-state index is 11.8. The summed E-state index contributed by atoms with van der Waals surface area (Å²) in [7, 11) is 2.09. The van der Waals surface area contributed by atoms with Gasteiger partial charge in [0.1, 0.15) is 6.04 Å². The minimum atomic E-state index is -0.960. The van der Waals surface area contributed by atoms with Crippen LogP contribution in [0.1, 0.15) is 46.0 Å². The van der Waals surface area contributed by atoms with Gasteiger partial charge in [-0.15, -0.1) is 0 Å². The number of carbonyl (C=O) groups is 2. The Bertz CT molecular complexity index is 318. The van der Waals surface area contributed by atoms with Crippen LogP contribution in [0.2, 0.25) is 0 Å². The molecule has 2 atom stereocenters. The van der Waals surface area contributed by atoms with E-state index in [1.165, 1.54) is 12.8 Å². The topological polar surface area (TPSA) is 69.6 Å². The SMILES string of the molecule is CC(C)[C@H](NC(=O)CCC1CCCCN1C)C(=O)O. The van der Waals surface area contributed by atoms with Crippen LogP contribution in [0.25, 0.3) is 0 Å². The van der Waals surface area contributed by atoms with E-state index in [1.54, 1.807) is 13.8 Å². The number of rotatable bonds is 6. The maximum atomic E-state index is 11.8. The van der Waals surface area contributed by atoms with Gasteiger partial charge in [-0.05, 0) is 38.8 Å². The molecule has 1 aliphatic heterocycles. The molecule has 19 heavy (non-hydrogen) atoms. The molecule has 0 bridgehead atoms. The first-order valence-electron chi connectivity index (χ1n) is 7.14. The van der Waals surface area contributed by atoms with Gasteiger partial charge < -0.3 is 15.3 Å². The molecule has 2 N–H and O–H groups in total. The quantitative estimate of drug-likeness (QED) is 0.767. The molecule has 0 aromatic carbocycles. The third-order valence-corrected chi connectivity index (χ3v) is 3.88. The van der Waals surface area contributed by atoms with E-state index < -0.39 is 12.0 Å². The summed E-state index contributed by atoms with van der Waals surface area (Å²) in [6, 6.07) is -0.321. The van der Waals surface area contributed by atoms with Gasteiger partial charge >= 0.3 is 5.97 Å². The van der Waals surface area contributed by atoms with E-state index in [0.29, 0.717) is 12.5 Å². The largest absolute Gasteiger partial charge is 0.480 e. The Kier molecular flexibility index (Phi) is 6.28. The first kappa shape index (κ1) is 16.0. The molecule has 0 saturated carbocycles. The summed E-state index contributed by atoms with van der Waals surface area (Å²) in [4.78, 5) is 25.1. The van der Waals surface area contributed by atoms with Crippen molar-refractivity contribution in [1.82, 2.24) is 10.2 Å². The lowest BCUT2D eigenvalue weighted by atomic mass is 9.98. The summed E-state index contributed by atoms with van der Waals surface area (Å²) in [6.07, 6.45) is 4.81. The van der Waals surface area contributed by atoms with Crippen molar-refractivity contribution in [3.63, 3.8) is 0 Å². The number of hydrogen-bond acceptors (Lipinski definition) is 3. The molecule has 0 aliphatic carbocycles. The number of carbonyl (C=O) groups excluding carboxylic acids is 1. The van der Waals surface area contributed by atoms with Crippen molar-refractivity contribution in [2.45, 2.75) is 58.0 Å². The lowest BCUT2D eigenvalue weighted by molar-refractivity contribution is -0.143. The fraction of sp³-hybridized carbons (Fsp3) is 0.857. The van der Waals surface area contributed by atoms with E-state index in [-0.39, 0.29) is 11.8 Å². The van der Waals surface area contributed by atoms with Crippen LogP contribution in [-0.2, 0) is 9.59 Å². The van der Waals surface area contributed by atoms with E-state index in [0.717, 1.165) is 19.4 Å². The zero-order valence-electron chi connectivity index (χ0n) is 12.2. The van der Waals surface area contributed by atoms with Crippen LogP contribution >= 0.6 is 0 Å². The Morgan fingerprint density at radius 3 is 2.58 bits per heavy atom. The highest BCUT2D eigenvalue weighted by molar-refractivity contribution is 5.83. The van der Waals surface area contributed by atoms with Crippen LogP contribution in [-0.4, -0.2) is 47.6 Å². The molecule has 1 aliphatic rings. The molecular formula is C14H26N2O3. The number of nitrogens with zero attached hydrogens (tertiary/aromatic N) is 1. The number of likely N-dealkylation sites (tertiary alicyclic amines) is 1. The van der Waals surface area contributed by atoms with Crippen LogP contribution in [0, 0.1) is 5.92 Å². The van der Waals surface area contributed by atoms with E-state index in [2.05, 4.69) is 17.3 Å². The number of piperidine rings is 1. The molecule has 110 valence electrons. The predicted octanol–water partition coefficient (Wildman–Crippen LogP) is 1.48. The van der Waals surface area contributed by atoms with Gasteiger partial charge in [0.25, 0.3) is 0 Å². The lowest BCUT2D eigenvalue weighted by Gasteiger charge is -2.32. The second-order valence-electron chi connectivity index (χ2n) is 5.80. The standard InChI is InChI=1S/C14H26N2O3/c1-10(2)13(14(18)19)15-12(17)8-7-11-6-4-5-9-16(11)3/h10-11,13H,4-9H2,1-3H3,(H,15,17)(H,18,19)/t11?,13-/m0/s1. The van der Waals surface area contributed by atoms with Crippen molar-refractivity contribution in [3.05, 3.63) is 0 Å². The lowest BCUT2D eigenvalue weighted by Crippen LogP contribution is -2.45. The van der Waals surface area contributed by atoms with Gasteiger partial charge in [-0.3, -0.25) is 4.79 Å². The molecule has 5 heteroatoms. The fourth-order valence-corrected chi connectivity index (χ4v) is 2.57. The molecular weight excluding hydrogens is 244 g/mol. The van der Waals surface area contributed by atoms with Gasteiger partial charge in [-0.2, -0.15) is 0 Å². The molecule has 1 amide bonds. The minimum absolute atomic E-state index is 0.0983. The summed E-state index contributed by atoms with van der Waals surface area (Å²) < 4.78 is 0. The van der Waals surface area contributed by atoms with Gasteiger partial charge in [0.2, 0.25) is 5.91 Å². The van der Waals surface area contributed by atoms with E-state index in [9.17, 15) is 9.59 Å². The Hall–Kier alpha value is -1.10. The van der Waals surface area contributed by atoms with Crippen molar-refractivity contribution in [2.24, 2.45) is 5.92 Å². The zero-order chi connectivity index (χ0) is 14.4. The Labute approximate surface area is 115 Å². The molecule has 0 spiro atoms. The van der Waals surface area contributed by atoms with Crippen LogP contribution in [0.5, 0.6) is 0 Å². The normalized spacial score (nSPS) is 22.2. The number of nitrogens with one attached hydrogen (secondary N) is 1. The summed E-state index contributed by atoms with van der Waals surface area (Å²) in [6.45, 7) is 4.69. The second-order valence-corrected chi connectivity index (χ2v) is 5.80. The van der Waals surface area contributed by atoms with Crippen molar-refractivity contribution < 1.29 is 14.7 Å². The summed E-state index contributed by atoms with van der Waals surface area (Å²) in [5, 5.41) is 11.6. The Morgan fingerprint density at radius 2 is 2.05 bits per heavy atom. The highest BCUT2D eigenvalue weighted by atomic mass is 16.4. The van der Waals surface area contributed by atoms with Crippen molar-refractivity contribution in [1.29, 1.82) is 0 Å². The second kappa shape index (κ2) is 7.48. The minimum Gasteiger partial charge on any atom is -0.480 e. The zero-order valence-corrected chi connectivity index (χ0v) is 12.2. The van der Waals surface area contributed by atoms with Crippen molar-refractivity contribution >= 4 is 11.9 Å². The van der Waals surface area contributed by atoms with Crippen molar-refractivity contribution in [3.8, 4) is 0 Å². The number of carboxylic acids is 1. The molecule has 1 saturated heterocycles. The summed E-state index contributed by atoms with van der Waals surface area (Å²) in [5.74, 6) is -1.21. The molecule has 0 aromatic rings. The first-order chi connectivity index (χ1) is 8.91. The Morgan fingerprint density at radius 1 is 1.37 bits per heavy atom. The first-order valence-corrected chi connectivity index (χ1v) is 7.14. The van der Waals surface area contributed by atoms with Crippen LogP contribution in [0.15, 0.2) is 0 Å². The molecule has 0 aromatic heterocycles. The smallest absolute Gasteiger partial charge is 0.326 e. The number of carboxylic acid groups (broad SMARTS) is 1. The van der Waals surface area contributed by atoms with Crippen LogP contribution in [0.3, 0.4) is 0 Å². The average molecular weight is 270 g/mol. The van der Waals surface area contributed by atoms with E-state index in [1.807, 2.05) is 0 Å². The highest BCUT2D eigenvalue weighted by Gasteiger charge is 2.24. The summed E-state index contributed by atoms with van der Waals surface area (Å²) >= 11 is 0. The monoisotopic (exact) mass is 270 g/mol. The van der Waals surface area contributed by atoms with E-state index >= 15 is 0 Å². The van der Waals surface area contributed by atoms with Gasteiger partial charge in [0.05, 0.1) is 0 Å². The van der Waals surface area contributed by atoms with Gasteiger partial charge in [-0.1, -0.05) is 20.3 Å². The van der Waals surface area contributed by atoms with Gasteiger partial charge in [-0.25, -0.2) is 4.79 Å². The van der Waals surface area contributed by atoms with Crippen LogP contribution < -0.4 is 5.32 Å². The molecule has 5 nitrogen and oxygen atoms in total. The van der Waals surface area contributed by atoms with Crippen LogP contribution in [0.4, 0.5) is 0 Å². The van der Waals surface area contributed by atoms with Gasteiger partial charge in [0.15, 0.2) is 0 Å². The maximum Gasteiger partial charge on any atom is 0.326 e. The van der Waals surface area contributed by atoms with E-state index in [4.69, 9.17) is 5.11 Å². The number of amides is 1. The number of hydrogen-bond donors (Lipinski definition) is 2. The molecule has 1 heterocycles. The Balaban J connectivity index is 2.36.